The molecule has 1 saturated heterocycles. The Hall–Kier alpha value is -1.75. The van der Waals surface area contributed by atoms with Crippen molar-refractivity contribution in [1.82, 2.24) is 9.88 Å². The van der Waals surface area contributed by atoms with Crippen molar-refractivity contribution in [3.8, 4) is 0 Å². The van der Waals surface area contributed by atoms with Gasteiger partial charge in [0, 0.05) is 32.0 Å². The van der Waals surface area contributed by atoms with Gasteiger partial charge in [0.1, 0.15) is 5.82 Å². The number of halogens is 1. The molecule has 0 unspecified atom stereocenters. The van der Waals surface area contributed by atoms with Crippen LogP contribution in [0, 0.1) is 11.2 Å². The number of aliphatic hydroxyl groups excluding tert-OH is 1. The number of aromatic nitrogens is 1. The van der Waals surface area contributed by atoms with Crippen molar-refractivity contribution in [1.29, 1.82) is 0 Å². The van der Waals surface area contributed by atoms with Crippen LogP contribution in [0.4, 0.5) is 4.39 Å². The summed E-state index contributed by atoms with van der Waals surface area (Å²) in [5.41, 5.74) is 0.533. The van der Waals surface area contributed by atoms with Crippen LogP contribution in [0.1, 0.15) is 31.7 Å². The zero-order valence-corrected chi connectivity index (χ0v) is 12.3. The van der Waals surface area contributed by atoms with Crippen molar-refractivity contribution in [2.75, 3.05) is 19.7 Å². The minimum atomic E-state index is -0.418. The largest absolute Gasteiger partial charge is 0.396 e. The van der Waals surface area contributed by atoms with Gasteiger partial charge in [-0.25, -0.2) is 4.39 Å². The summed E-state index contributed by atoms with van der Waals surface area (Å²) in [5.74, 6) is -0.500. The number of hydrogen-bond acceptors (Lipinski definition) is 3. The summed E-state index contributed by atoms with van der Waals surface area (Å²) in [7, 11) is 0. The van der Waals surface area contributed by atoms with E-state index in [-0.39, 0.29) is 17.9 Å². The molecule has 5 heteroatoms. The molecule has 4 nitrogen and oxygen atoms in total. The topological polar surface area (TPSA) is 53.4 Å². The van der Waals surface area contributed by atoms with Gasteiger partial charge in [-0.3, -0.25) is 9.78 Å². The molecular formula is C16H21FN2O2. The molecule has 1 N–H and O–H groups in total. The highest BCUT2D eigenvalue weighted by molar-refractivity contribution is 5.91. The van der Waals surface area contributed by atoms with Crippen molar-refractivity contribution in [2.45, 2.75) is 26.2 Å². The predicted octanol–water partition coefficient (Wildman–Crippen LogP) is 2.25. The number of carbonyl (C=O) groups is 1. The molecule has 2 rings (SSSR count). The summed E-state index contributed by atoms with van der Waals surface area (Å²) in [5, 5.41) is 9.48. The number of carbonyl (C=O) groups excluding carboxylic acids is 1. The number of likely N-dealkylation sites (tertiary alicyclic amines) is 1. The second-order valence-corrected chi connectivity index (χ2v) is 5.61. The molecule has 1 aliphatic heterocycles. The van der Waals surface area contributed by atoms with Gasteiger partial charge in [-0.2, -0.15) is 0 Å². The average Bonchev–Trinajstić information content (AvgIpc) is 2.53. The van der Waals surface area contributed by atoms with Gasteiger partial charge in [0.25, 0.3) is 0 Å². The van der Waals surface area contributed by atoms with E-state index in [0.717, 1.165) is 25.5 Å². The van der Waals surface area contributed by atoms with Crippen LogP contribution in [0.25, 0.3) is 6.08 Å². The lowest BCUT2D eigenvalue weighted by molar-refractivity contribution is -0.128. The zero-order valence-electron chi connectivity index (χ0n) is 12.3. The van der Waals surface area contributed by atoms with E-state index in [9.17, 15) is 14.3 Å². The van der Waals surface area contributed by atoms with E-state index in [1.54, 1.807) is 11.0 Å². The van der Waals surface area contributed by atoms with Gasteiger partial charge in [-0.1, -0.05) is 6.92 Å². The molecular weight excluding hydrogens is 271 g/mol. The highest BCUT2D eigenvalue weighted by Crippen LogP contribution is 2.34. The van der Waals surface area contributed by atoms with Gasteiger partial charge in [0.2, 0.25) is 5.91 Å². The van der Waals surface area contributed by atoms with Crippen LogP contribution >= 0.6 is 0 Å². The van der Waals surface area contributed by atoms with Gasteiger partial charge < -0.3 is 10.0 Å². The Bertz CT molecular complexity index is 517. The Kier molecular flexibility index (Phi) is 5.07. The first-order valence-electron chi connectivity index (χ1n) is 7.27. The summed E-state index contributed by atoms with van der Waals surface area (Å²) in [6.07, 6.45) is 8.24. The fraction of sp³-hybridized carbons (Fsp3) is 0.500. The SMILES string of the molecule is CCC1(CO)CCN(C(=O)/C=C/c2cncc(F)c2)CC1. The third-order valence-electron chi connectivity index (χ3n) is 4.37. The maximum atomic E-state index is 13.0. The van der Waals surface area contributed by atoms with Crippen LogP contribution in [0.3, 0.4) is 0 Å². The average molecular weight is 292 g/mol. The van der Waals surface area contributed by atoms with Gasteiger partial charge >= 0.3 is 0 Å². The van der Waals surface area contributed by atoms with Crippen LogP contribution in [-0.4, -0.2) is 40.6 Å². The number of amides is 1. The van der Waals surface area contributed by atoms with E-state index in [4.69, 9.17) is 0 Å². The van der Waals surface area contributed by atoms with Crippen molar-refractivity contribution < 1.29 is 14.3 Å². The first-order valence-corrected chi connectivity index (χ1v) is 7.27. The van der Waals surface area contributed by atoms with E-state index in [1.807, 2.05) is 0 Å². The van der Waals surface area contributed by atoms with Crippen LogP contribution in [0.5, 0.6) is 0 Å². The second-order valence-electron chi connectivity index (χ2n) is 5.61. The number of rotatable bonds is 4. The Morgan fingerprint density at radius 3 is 2.76 bits per heavy atom. The first-order chi connectivity index (χ1) is 10.1. The number of pyridine rings is 1. The van der Waals surface area contributed by atoms with Gasteiger partial charge in [-0.05, 0) is 42.4 Å². The molecule has 0 spiro atoms. The Morgan fingerprint density at radius 2 is 2.19 bits per heavy atom. The molecule has 1 aromatic rings. The Labute approximate surface area is 124 Å². The monoisotopic (exact) mass is 292 g/mol. The standard InChI is InChI=1S/C16H21FN2O2/c1-2-16(12-20)5-7-19(8-6-16)15(21)4-3-13-9-14(17)11-18-10-13/h3-4,9-11,20H,2,5-8,12H2,1H3/b4-3+. The summed E-state index contributed by atoms with van der Waals surface area (Å²) in [6, 6.07) is 1.33. The molecule has 0 bridgehead atoms. The van der Waals surface area contributed by atoms with E-state index in [0.29, 0.717) is 18.7 Å². The van der Waals surface area contributed by atoms with Crippen molar-refractivity contribution in [3.05, 3.63) is 35.9 Å². The molecule has 0 aliphatic carbocycles. The fourth-order valence-electron chi connectivity index (χ4n) is 2.62. The minimum absolute atomic E-state index is 0.0347. The Morgan fingerprint density at radius 1 is 1.48 bits per heavy atom. The van der Waals surface area contributed by atoms with Crippen LogP contribution in [0.15, 0.2) is 24.5 Å². The lowest BCUT2D eigenvalue weighted by atomic mass is 9.77. The predicted molar refractivity (Wildman–Crippen MR) is 78.9 cm³/mol. The summed E-state index contributed by atoms with van der Waals surface area (Å²) in [4.78, 5) is 17.6. The van der Waals surface area contributed by atoms with E-state index >= 15 is 0 Å². The fourth-order valence-corrected chi connectivity index (χ4v) is 2.62. The molecule has 1 fully saturated rings. The van der Waals surface area contributed by atoms with Crippen LogP contribution < -0.4 is 0 Å². The summed E-state index contributed by atoms with van der Waals surface area (Å²) in [6.45, 7) is 3.55. The van der Waals surface area contributed by atoms with Gasteiger partial charge in [0.05, 0.1) is 6.20 Å². The third-order valence-corrected chi connectivity index (χ3v) is 4.37. The van der Waals surface area contributed by atoms with Crippen LogP contribution in [0.2, 0.25) is 0 Å². The van der Waals surface area contributed by atoms with E-state index in [1.165, 1.54) is 18.3 Å². The number of nitrogens with zero attached hydrogens (tertiary/aromatic N) is 2. The molecule has 21 heavy (non-hydrogen) atoms. The van der Waals surface area contributed by atoms with Crippen LogP contribution in [-0.2, 0) is 4.79 Å². The lowest BCUT2D eigenvalue weighted by Crippen LogP contribution is -2.43. The van der Waals surface area contributed by atoms with E-state index < -0.39 is 5.82 Å². The van der Waals surface area contributed by atoms with Crippen molar-refractivity contribution in [3.63, 3.8) is 0 Å². The molecule has 2 heterocycles. The first kappa shape index (κ1) is 15.6. The maximum absolute atomic E-state index is 13.0. The molecule has 0 atom stereocenters. The normalized spacial score (nSPS) is 18.1. The molecule has 0 aromatic carbocycles. The maximum Gasteiger partial charge on any atom is 0.246 e. The van der Waals surface area contributed by atoms with Gasteiger partial charge in [-0.15, -0.1) is 0 Å². The molecule has 1 amide bonds. The van der Waals surface area contributed by atoms with E-state index in [2.05, 4.69) is 11.9 Å². The number of aliphatic hydroxyl groups is 1. The quantitative estimate of drug-likeness (QED) is 0.866. The van der Waals surface area contributed by atoms with Crippen molar-refractivity contribution >= 4 is 12.0 Å². The van der Waals surface area contributed by atoms with Crippen molar-refractivity contribution in [2.24, 2.45) is 5.41 Å². The highest BCUT2D eigenvalue weighted by Gasteiger charge is 2.33. The number of hydrogen-bond donors (Lipinski definition) is 1. The lowest BCUT2D eigenvalue weighted by Gasteiger charge is -2.39. The molecule has 0 saturated carbocycles. The summed E-state index contributed by atoms with van der Waals surface area (Å²) < 4.78 is 13.0. The minimum Gasteiger partial charge on any atom is -0.396 e. The third kappa shape index (κ3) is 3.88. The Balaban J connectivity index is 1.93. The highest BCUT2D eigenvalue weighted by atomic mass is 19.1. The molecule has 114 valence electrons. The smallest absolute Gasteiger partial charge is 0.246 e. The zero-order chi connectivity index (χ0) is 15.3. The van der Waals surface area contributed by atoms with Gasteiger partial charge in [0.15, 0.2) is 0 Å². The summed E-state index contributed by atoms with van der Waals surface area (Å²) >= 11 is 0. The second kappa shape index (κ2) is 6.80. The molecule has 0 radical (unpaired) electrons. The molecule has 1 aliphatic rings. The molecule has 1 aromatic heterocycles. The number of piperidine rings is 1.